The highest BCUT2D eigenvalue weighted by Crippen LogP contribution is 2.18. The minimum Gasteiger partial charge on any atom is -0.394 e. The van der Waals surface area contributed by atoms with Crippen LogP contribution in [0.1, 0.15) is 271 Å². The van der Waals surface area contributed by atoms with Gasteiger partial charge >= 0.3 is 0 Å². The molecule has 0 rings (SSSR count). The fourth-order valence-corrected chi connectivity index (χ4v) is 7.94. The summed E-state index contributed by atoms with van der Waals surface area (Å²) in [5.41, 5.74) is 0. The Kier molecular flexibility index (Phi) is 42.9. The lowest BCUT2D eigenvalue weighted by Gasteiger charge is -2.27. The highest BCUT2D eigenvalue weighted by atomic mass is 16.3. The fraction of sp³-hybridized carbons (Fsp3) is 0.979. The van der Waals surface area contributed by atoms with Gasteiger partial charge in [0.05, 0.1) is 18.8 Å². The van der Waals surface area contributed by atoms with Crippen LogP contribution in [0.3, 0.4) is 0 Å². The second kappa shape index (κ2) is 43.4. The third kappa shape index (κ3) is 36.9. The van der Waals surface area contributed by atoms with Crippen LogP contribution in [-0.2, 0) is 4.79 Å². The second-order valence-electron chi connectivity index (χ2n) is 17.2. The third-order valence-corrected chi connectivity index (χ3v) is 11.8. The molecule has 0 aliphatic rings. The minimum atomic E-state index is -1.25. The molecule has 0 heterocycles. The van der Waals surface area contributed by atoms with Crippen LogP contribution in [0.4, 0.5) is 0 Å². The predicted molar refractivity (Wildman–Crippen MR) is 233 cm³/mol. The summed E-state index contributed by atoms with van der Waals surface area (Å²) < 4.78 is 0. The van der Waals surface area contributed by atoms with Crippen LogP contribution in [0.15, 0.2) is 0 Å². The van der Waals surface area contributed by atoms with Gasteiger partial charge in [0.15, 0.2) is 0 Å². The van der Waals surface area contributed by atoms with Gasteiger partial charge in [0.1, 0.15) is 12.2 Å². The molecule has 4 unspecified atom stereocenters. The lowest BCUT2D eigenvalue weighted by atomic mass is 9.99. The first-order valence-electron chi connectivity index (χ1n) is 24.4. The maximum atomic E-state index is 12.4. The quantitative estimate of drug-likeness (QED) is 0.0396. The highest BCUT2D eigenvalue weighted by Gasteiger charge is 2.28. The summed E-state index contributed by atoms with van der Waals surface area (Å²) >= 11 is 0. The fourth-order valence-electron chi connectivity index (χ4n) is 7.94. The minimum absolute atomic E-state index is 0.375. The van der Waals surface area contributed by atoms with Gasteiger partial charge in [0, 0.05) is 0 Å². The van der Waals surface area contributed by atoms with E-state index in [1.165, 1.54) is 205 Å². The van der Waals surface area contributed by atoms with Crippen molar-refractivity contribution in [2.75, 3.05) is 6.61 Å². The average molecular weight is 768 g/mol. The molecular weight excluding hydrogens is 671 g/mol. The first kappa shape index (κ1) is 53.3. The Labute approximate surface area is 337 Å². The monoisotopic (exact) mass is 768 g/mol. The van der Waals surface area contributed by atoms with E-state index in [0.717, 1.165) is 38.5 Å². The van der Waals surface area contributed by atoms with Crippen LogP contribution >= 0.6 is 0 Å². The Morgan fingerprint density at radius 1 is 0.389 bits per heavy atom. The van der Waals surface area contributed by atoms with Gasteiger partial charge in [-0.25, -0.2) is 0 Å². The van der Waals surface area contributed by atoms with Crippen molar-refractivity contribution >= 4 is 5.91 Å². The van der Waals surface area contributed by atoms with Crippen LogP contribution in [-0.4, -0.2) is 57.3 Å². The zero-order chi connectivity index (χ0) is 39.6. The smallest absolute Gasteiger partial charge is 0.249 e. The predicted octanol–water partition coefficient (Wildman–Crippen LogP) is 13.2. The molecule has 0 saturated carbocycles. The number of aliphatic hydroxyl groups excluding tert-OH is 4. The van der Waals surface area contributed by atoms with Crippen molar-refractivity contribution in [3.05, 3.63) is 0 Å². The molecule has 0 fully saturated rings. The standard InChI is InChI=1S/C48H97NO5/c1-3-5-7-9-11-12-13-14-15-16-17-18-19-20-21-22-23-24-25-26-27-28-29-30-31-32-33-34-35-36-38-40-42-46(52)48(54)49-44(43-50)47(53)45(51)41-39-37-10-8-6-4-2/h44-47,50-53H,3-43H2,1-2H3,(H,49,54). The van der Waals surface area contributed by atoms with Crippen molar-refractivity contribution in [1.29, 1.82) is 0 Å². The molecule has 1 amide bonds. The maximum absolute atomic E-state index is 12.4. The van der Waals surface area contributed by atoms with Gasteiger partial charge in [-0.15, -0.1) is 0 Å². The zero-order valence-electron chi connectivity index (χ0n) is 36.5. The topological polar surface area (TPSA) is 110 Å². The summed E-state index contributed by atoms with van der Waals surface area (Å²) in [7, 11) is 0. The number of aliphatic hydroxyl groups is 4. The van der Waals surface area contributed by atoms with Crippen molar-refractivity contribution in [3.8, 4) is 0 Å². The number of amides is 1. The maximum Gasteiger partial charge on any atom is 0.249 e. The lowest BCUT2D eigenvalue weighted by Crippen LogP contribution is -2.53. The van der Waals surface area contributed by atoms with E-state index in [1.54, 1.807) is 0 Å². The van der Waals surface area contributed by atoms with Crippen molar-refractivity contribution in [3.63, 3.8) is 0 Å². The van der Waals surface area contributed by atoms with E-state index in [0.29, 0.717) is 12.8 Å². The molecule has 0 saturated heterocycles. The van der Waals surface area contributed by atoms with Gasteiger partial charge in [-0.2, -0.15) is 0 Å². The van der Waals surface area contributed by atoms with Crippen LogP contribution in [0, 0.1) is 0 Å². The number of rotatable bonds is 45. The Balaban J connectivity index is 3.43. The molecule has 6 heteroatoms. The summed E-state index contributed by atoms with van der Waals surface area (Å²) in [6.07, 6.45) is 47.8. The molecule has 0 spiro atoms. The van der Waals surface area contributed by atoms with Crippen LogP contribution in [0.25, 0.3) is 0 Å². The molecule has 0 radical (unpaired) electrons. The SMILES string of the molecule is CCCCCCCCCCCCCCCCCCCCCCCCCCCCCCCCCCC(O)C(=O)NC(CO)C(O)C(O)CCCCCCCC. The van der Waals surface area contributed by atoms with E-state index in [-0.39, 0.29) is 0 Å². The summed E-state index contributed by atoms with van der Waals surface area (Å²) in [5, 5.41) is 43.3. The Morgan fingerprint density at radius 3 is 0.889 bits per heavy atom. The Morgan fingerprint density at radius 2 is 0.630 bits per heavy atom. The number of hydrogen-bond acceptors (Lipinski definition) is 5. The first-order chi connectivity index (χ1) is 26.5. The number of carbonyl (C=O) groups excluding carboxylic acids is 1. The molecule has 0 aliphatic heterocycles. The largest absolute Gasteiger partial charge is 0.394 e. The molecular formula is C48H97NO5. The second-order valence-corrected chi connectivity index (χ2v) is 17.2. The van der Waals surface area contributed by atoms with Crippen molar-refractivity contribution in [1.82, 2.24) is 5.32 Å². The van der Waals surface area contributed by atoms with Crippen molar-refractivity contribution in [2.24, 2.45) is 0 Å². The summed E-state index contributed by atoms with van der Waals surface area (Å²) in [5.74, 6) is -0.583. The van der Waals surface area contributed by atoms with Crippen LogP contribution < -0.4 is 5.32 Å². The molecule has 0 bridgehead atoms. The van der Waals surface area contributed by atoms with Gasteiger partial charge in [-0.1, -0.05) is 258 Å². The lowest BCUT2D eigenvalue weighted by molar-refractivity contribution is -0.132. The molecule has 0 aliphatic carbocycles. The summed E-state index contributed by atoms with van der Waals surface area (Å²) in [6, 6.07) is -0.976. The van der Waals surface area contributed by atoms with Gasteiger partial charge < -0.3 is 25.7 Å². The van der Waals surface area contributed by atoms with Gasteiger partial charge in [-0.05, 0) is 12.8 Å². The van der Waals surface area contributed by atoms with Gasteiger partial charge in [0.25, 0.3) is 0 Å². The van der Waals surface area contributed by atoms with Crippen LogP contribution in [0.5, 0.6) is 0 Å². The van der Waals surface area contributed by atoms with E-state index >= 15 is 0 Å². The van der Waals surface area contributed by atoms with Crippen molar-refractivity contribution < 1.29 is 25.2 Å². The van der Waals surface area contributed by atoms with E-state index in [9.17, 15) is 25.2 Å². The van der Waals surface area contributed by atoms with Crippen LogP contribution in [0.2, 0.25) is 0 Å². The molecule has 0 aromatic heterocycles. The summed E-state index contributed by atoms with van der Waals surface area (Å²) in [6.45, 7) is 3.99. The first-order valence-corrected chi connectivity index (χ1v) is 24.4. The Bertz CT molecular complexity index is 736. The zero-order valence-corrected chi connectivity index (χ0v) is 36.5. The average Bonchev–Trinajstić information content (AvgIpc) is 3.18. The number of hydrogen-bond donors (Lipinski definition) is 5. The van der Waals surface area contributed by atoms with Gasteiger partial charge in [-0.3, -0.25) is 4.79 Å². The third-order valence-electron chi connectivity index (χ3n) is 11.8. The number of carbonyl (C=O) groups is 1. The molecule has 6 nitrogen and oxygen atoms in total. The molecule has 0 aromatic rings. The molecule has 324 valence electrons. The molecule has 5 N–H and O–H groups in total. The Hall–Kier alpha value is -0.690. The molecule has 0 aromatic carbocycles. The van der Waals surface area contributed by atoms with Crippen molar-refractivity contribution in [2.45, 2.75) is 295 Å². The van der Waals surface area contributed by atoms with E-state index < -0.39 is 36.9 Å². The van der Waals surface area contributed by atoms with E-state index in [4.69, 9.17) is 0 Å². The van der Waals surface area contributed by atoms with E-state index in [2.05, 4.69) is 19.2 Å². The number of nitrogens with one attached hydrogen (secondary N) is 1. The molecule has 4 atom stereocenters. The normalized spacial score (nSPS) is 14.0. The summed E-state index contributed by atoms with van der Waals surface area (Å²) in [4.78, 5) is 12.4. The van der Waals surface area contributed by atoms with Gasteiger partial charge in [0.2, 0.25) is 5.91 Å². The molecule has 54 heavy (non-hydrogen) atoms. The highest BCUT2D eigenvalue weighted by molar-refractivity contribution is 5.80. The number of unbranched alkanes of at least 4 members (excludes halogenated alkanes) is 36. The van der Waals surface area contributed by atoms with E-state index in [1.807, 2.05) is 0 Å².